The third kappa shape index (κ3) is 5.07. The summed E-state index contributed by atoms with van der Waals surface area (Å²) in [6, 6.07) is 0. The van der Waals surface area contributed by atoms with Gasteiger partial charge in [-0.15, -0.1) is 0 Å². The van der Waals surface area contributed by atoms with Crippen LogP contribution in [0.15, 0.2) is 12.2 Å². The summed E-state index contributed by atoms with van der Waals surface area (Å²) in [7, 11) is 3.28. The first-order chi connectivity index (χ1) is 7.88. The predicted octanol–water partition coefficient (Wildman–Crippen LogP) is 1.81. The van der Waals surface area contributed by atoms with E-state index >= 15 is 0 Å². The minimum atomic E-state index is 0.367. The third-order valence-electron chi connectivity index (χ3n) is 2.78. The first kappa shape index (κ1) is 13.6. The van der Waals surface area contributed by atoms with Crippen LogP contribution in [-0.4, -0.2) is 41.0 Å². The molecule has 2 atom stereocenters. The van der Waals surface area contributed by atoms with Crippen molar-refractivity contribution < 1.29 is 18.9 Å². The lowest BCUT2D eigenvalue weighted by Crippen LogP contribution is -2.26. The maximum absolute atomic E-state index is 5.42. The van der Waals surface area contributed by atoms with Crippen LogP contribution in [-0.2, 0) is 18.9 Å². The maximum Gasteiger partial charge on any atom is 0.146 e. The molecule has 0 aromatic carbocycles. The zero-order valence-electron chi connectivity index (χ0n) is 10.2. The lowest BCUT2D eigenvalue weighted by Gasteiger charge is -2.27. The maximum atomic E-state index is 5.42. The summed E-state index contributed by atoms with van der Waals surface area (Å²) in [6.07, 6.45) is 6.55. The first-order valence-electron chi connectivity index (χ1n) is 5.66. The Morgan fingerprint density at radius 1 is 0.875 bits per heavy atom. The number of methoxy groups -OCH3 is 2. The molecule has 0 bridgehead atoms. The first-order valence-corrected chi connectivity index (χ1v) is 5.66. The van der Waals surface area contributed by atoms with Crippen molar-refractivity contribution in [1.82, 2.24) is 0 Å². The molecule has 1 aliphatic carbocycles. The van der Waals surface area contributed by atoms with Gasteiger partial charge in [0.1, 0.15) is 13.6 Å². The van der Waals surface area contributed by atoms with E-state index in [0.717, 1.165) is 26.1 Å². The van der Waals surface area contributed by atoms with Gasteiger partial charge in [0.15, 0.2) is 0 Å². The summed E-state index contributed by atoms with van der Waals surface area (Å²) in [4.78, 5) is 0. The zero-order chi connectivity index (χ0) is 11.6. The standard InChI is InChI=1S/C12H22O4/c1-13-9-15-7-11-5-3-4-6-12(11)8-16-10-14-2/h3-4,11-12H,5-10H2,1-2H3. The van der Waals surface area contributed by atoms with Gasteiger partial charge in [-0.3, -0.25) is 0 Å². The van der Waals surface area contributed by atoms with Crippen molar-refractivity contribution in [3.8, 4) is 0 Å². The molecule has 0 saturated carbocycles. The van der Waals surface area contributed by atoms with Gasteiger partial charge in [0.25, 0.3) is 0 Å². The number of hydrogen-bond donors (Lipinski definition) is 0. The number of rotatable bonds is 8. The Kier molecular flexibility index (Phi) is 7.42. The Balaban J connectivity index is 2.24. The highest BCUT2D eigenvalue weighted by atomic mass is 16.7. The Bertz CT molecular complexity index is 173. The summed E-state index contributed by atoms with van der Waals surface area (Å²) < 4.78 is 20.6. The lowest BCUT2D eigenvalue weighted by molar-refractivity contribution is -0.0744. The van der Waals surface area contributed by atoms with Crippen molar-refractivity contribution >= 4 is 0 Å². The second kappa shape index (κ2) is 8.70. The fourth-order valence-electron chi connectivity index (χ4n) is 1.90. The number of hydrogen-bond acceptors (Lipinski definition) is 4. The Morgan fingerprint density at radius 3 is 1.69 bits per heavy atom. The minimum absolute atomic E-state index is 0.367. The summed E-state index contributed by atoms with van der Waals surface area (Å²) in [5.41, 5.74) is 0. The molecule has 1 rings (SSSR count). The lowest BCUT2D eigenvalue weighted by atomic mass is 9.84. The average Bonchev–Trinajstić information content (AvgIpc) is 2.32. The van der Waals surface area contributed by atoms with Gasteiger partial charge >= 0.3 is 0 Å². The Labute approximate surface area is 97.5 Å². The molecule has 0 aromatic heterocycles. The highest BCUT2D eigenvalue weighted by Crippen LogP contribution is 2.26. The van der Waals surface area contributed by atoms with E-state index in [1.165, 1.54) is 0 Å². The van der Waals surface area contributed by atoms with Crippen LogP contribution in [0.1, 0.15) is 12.8 Å². The normalized spacial score (nSPS) is 24.9. The van der Waals surface area contributed by atoms with Crippen LogP contribution >= 0.6 is 0 Å². The fourth-order valence-corrected chi connectivity index (χ4v) is 1.90. The van der Waals surface area contributed by atoms with Crippen molar-refractivity contribution in [3.05, 3.63) is 12.2 Å². The van der Waals surface area contributed by atoms with Gasteiger partial charge < -0.3 is 18.9 Å². The summed E-state index contributed by atoms with van der Waals surface area (Å²) in [5, 5.41) is 0. The number of allylic oxidation sites excluding steroid dienone is 2. The van der Waals surface area contributed by atoms with Crippen molar-refractivity contribution in [2.45, 2.75) is 12.8 Å². The van der Waals surface area contributed by atoms with Gasteiger partial charge in [-0.2, -0.15) is 0 Å². The fraction of sp³-hybridized carbons (Fsp3) is 0.833. The van der Waals surface area contributed by atoms with Crippen molar-refractivity contribution in [3.63, 3.8) is 0 Å². The third-order valence-corrected chi connectivity index (χ3v) is 2.78. The highest BCUT2D eigenvalue weighted by Gasteiger charge is 2.22. The van der Waals surface area contributed by atoms with Crippen LogP contribution in [0.4, 0.5) is 0 Å². The molecule has 0 fully saturated rings. The second-order valence-corrected chi connectivity index (χ2v) is 4.02. The molecule has 16 heavy (non-hydrogen) atoms. The smallest absolute Gasteiger partial charge is 0.146 e. The topological polar surface area (TPSA) is 36.9 Å². The van der Waals surface area contributed by atoms with Crippen LogP contribution in [0, 0.1) is 11.8 Å². The van der Waals surface area contributed by atoms with Crippen LogP contribution in [0.25, 0.3) is 0 Å². The SMILES string of the molecule is COCOCC1CC=CCC1COCOC. The van der Waals surface area contributed by atoms with Gasteiger partial charge in [0.2, 0.25) is 0 Å². The Hall–Kier alpha value is -0.420. The largest absolute Gasteiger partial charge is 0.359 e. The molecule has 4 nitrogen and oxygen atoms in total. The van der Waals surface area contributed by atoms with Gasteiger partial charge in [0.05, 0.1) is 13.2 Å². The van der Waals surface area contributed by atoms with Crippen molar-refractivity contribution in [2.75, 3.05) is 41.0 Å². The molecular formula is C12H22O4. The molecule has 94 valence electrons. The zero-order valence-corrected chi connectivity index (χ0v) is 10.2. The molecule has 1 aliphatic rings. The van der Waals surface area contributed by atoms with Gasteiger partial charge in [-0.25, -0.2) is 0 Å². The van der Waals surface area contributed by atoms with E-state index in [4.69, 9.17) is 18.9 Å². The average molecular weight is 230 g/mol. The molecule has 0 radical (unpaired) electrons. The molecule has 0 heterocycles. The van der Waals surface area contributed by atoms with E-state index in [1.807, 2.05) is 0 Å². The van der Waals surface area contributed by atoms with Crippen molar-refractivity contribution in [2.24, 2.45) is 11.8 Å². The molecule has 0 aromatic rings. The summed E-state index contributed by atoms with van der Waals surface area (Å²) >= 11 is 0. The molecule has 0 amide bonds. The van der Waals surface area contributed by atoms with E-state index in [1.54, 1.807) is 14.2 Å². The van der Waals surface area contributed by atoms with E-state index in [2.05, 4.69) is 12.2 Å². The second-order valence-electron chi connectivity index (χ2n) is 4.02. The molecule has 0 N–H and O–H groups in total. The molecule has 2 unspecified atom stereocenters. The molecule has 0 saturated heterocycles. The van der Waals surface area contributed by atoms with Gasteiger partial charge in [-0.1, -0.05) is 12.2 Å². The molecular weight excluding hydrogens is 208 g/mol. The van der Waals surface area contributed by atoms with E-state index < -0.39 is 0 Å². The van der Waals surface area contributed by atoms with E-state index in [9.17, 15) is 0 Å². The summed E-state index contributed by atoms with van der Waals surface area (Å²) in [5.74, 6) is 1.05. The van der Waals surface area contributed by atoms with Gasteiger partial charge in [-0.05, 0) is 24.7 Å². The van der Waals surface area contributed by atoms with E-state index in [-0.39, 0.29) is 0 Å². The highest BCUT2D eigenvalue weighted by molar-refractivity contribution is 4.94. The molecule has 4 heteroatoms. The Morgan fingerprint density at radius 2 is 1.31 bits per heavy atom. The van der Waals surface area contributed by atoms with E-state index in [0.29, 0.717) is 25.4 Å². The van der Waals surface area contributed by atoms with Gasteiger partial charge in [0, 0.05) is 14.2 Å². The summed E-state index contributed by atoms with van der Waals surface area (Å²) in [6.45, 7) is 2.20. The van der Waals surface area contributed by atoms with Crippen molar-refractivity contribution in [1.29, 1.82) is 0 Å². The van der Waals surface area contributed by atoms with Crippen LogP contribution in [0.3, 0.4) is 0 Å². The monoisotopic (exact) mass is 230 g/mol. The van der Waals surface area contributed by atoms with Crippen LogP contribution in [0.2, 0.25) is 0 Å². The minimum Gasteiger partial charge on any atom is -0.359 e. The molecule has 0 spiro atoms. The quantitative estimate of drug-likeness (QED) is 0.362. The predicted molar refractivity (Wildman–Crippen MR) is 61.0 cm³/mol. The van der Waals surface area contributed by atoms with Crippen LogP contribution in [0.5, 0.6) is 0 Å². The molecule has 0 aliphatic heterocycles. The number of ether oxygens (including phenoxy) is 4. The van der Waals surface area contributed by atoms with Crippen LogP contribution < -0.4 is 0 Å².